The van der Waals surface area contributed by atoms with Gasteiger partial charge < -0.3 is 25.4 Å². The maximum atomic E-state index is 13.7. The van der Waals surface area contributed by atoms with E-state index in [2.05, 4.69) is 10.6 Å². The third-order valence-electron chi connectivity index (χ3n) is 7.22. The Hall–Kier alpha value is -3.04. The minimum Gasteiger partial charge on any atom is -0.449 e. The summed E-state index contributed by atoms with van der Waals surface area (Å²) < 4.78 is 4.77. The number of ether oxygens (including phenoxy) is 1. The molecule has 2 aromatic carbocycles. The molecule has 2 aromatic rings. The zero-order valence-corrected chi connectivity index (χ0v) is 24.3. The molecule has 1 fully saturated rings. The summed E-state index contributed by atoms with van der Waals surface area (Å²) in [6.45, 7) is 10.4. The Morgan fingerprint density at radius 3 is 2.46 bits per heavy atom. The first-order valence-electron chi connectivity index (χ1n) is 13.5. The number of nitrogens with zero attached hydrogens (tertiary/aromatic N) is 1. The molecular weight excluding hydrogens is 514 g/mol. The lowest BCUT2D eigenvalue weighted by atomic mass is 9.97. The fourth-order valence-electron chi connectivity index (χ4n) is 4.48. The summed E-state index contributed by atoms with van der Waals surface area (Å²) in [5.74, 6) is -0.443. The van der Waals surface area contributed by atoms with Crippen LogP contribution >= 0.6 is 11.8 Å². The molecule has 39 heavy (non-hydrogen) atoms. The maximum Gasteiger partial charge on any atom is 0.407 e. The number of rotatable bonds is 11. The third kappa shape index (κ3) is 8.22. The predicted molar refractivity (Wildman–Crippen MR) is 154 cm³/mol. The van der Waals surface area contributed by atoms with Gasteiger partial charge in [-0.2, -0.15) is 0 Å². The molecule has 0 bridgehead atoms. The number of thioether (sulfide) groups is 1. The number of carbonyl (C=O) groups excluding carboxylic acids is 3. The van der Waals surface area contributed by atoms with Crippen molar-refractivity contribution >= 4 is 29.7 Å². The average Bonchev–Trinajstić information content (AvgIpc) is 3.25. The van der Waals surface area contributed by atoms with Gasteiger partial charge in [-0.1, -0.05) is 74.9 Å². The van der Waals surface area contributed by atoms with Crippen molar-refractivity contribution in [3.8, 4) is 0 Å². The molecule has 3 rings (SSSR count). The largest absolute Gasteiger partial charge is 0.449 e. The van der Waals surface area contributed by atoms with Crippen LogP contribution in [0.15, 0.2) is 54.6 Å². The Kier molecular flexibility index (Phi) is 10.8. The van der Waals surface area contributed by atoms with Crippen LogP contribution in [0.1, 0.15) is 50.8 Å². The molecule has 1 saturated heterocycles. The van der Waals surface area contributed by atoms with Crippen LogP contribution in [0.4, 0.5) is 4.79 Å². The Balaban J connectivity index is 1.76. The smallest absolute Gasteiger partial charge is 0.407 e. The Morgan fingerprint density at radius 2 is 1.79 bits per heavy atom. The molecule has 0 saturated carbocycles. The molecule has 1 unspecified atom stereocenters. The van der Waals surface area contributed by atoms with Crippen LogP contribution in [-0.4, -0.2) is 63.3 Å². The van der Waals surface area contributed by atoms with Gasteiger partial charge in [-0.25, -0.2) is 4.79 Å². The van der Waals surface area contributed by atoms with Gasteiger partial charge in [-0.05, 0) is 49.8 Å². The second-order valence-electron chi connectivity index (χ2n) is 10.7. The van der Waals surface area contributed by atoms with Crippen molar-refractivity contribution in [2.24, 2.45) is 5.92 Å². The minimum atomic E-state index is -1.57. The van der Waals surface area contributed by atoms with Gasteiger partial charge in [-0.15, -0.1) is 11.8 Å². The first-order valence-corrected chi connectivity index (χ1v) is 14.4. The lowest BCUT2D eigenvalue weighted by Gasteiger charge is -2.33. The number of aliphatic hydroxyl groups excluding tert-OH is 1. The van der Waals surface area contributed by atoms with Gasteiger partial charge in [0.05, 0.1) is 18.5 Å². The van der Waals surface area contributed by atoms with Crippen LogP contribution in [0.5, 0.6) is 0 Å². The summed E-state index contributed by atoms with van der Waals surface area (Å²) in [5, 5.41) is 17.0. The first kappa shape index (κ1) is 30.5. The van der Waals surface area contributed by atoms with E-state index in [-0.39, 0.29) is 30.7 Å². The van der Waals surface area contributed by atoms with Gasteiger partial charge in [-0.3, -0.25) is 9.59 Å². The van der Waals surface area contributed by atoms with E-state index in [9.17, 15) is 19.5 Å². The van der Waals surface area contributed by atoms with E-state index in [0.29, 0.717) is 6.54 Å². The van der Waals surface area contributed by atoms with E-state index in [0.717, 1.165) is 23.1 Å². The lowest BCUT2D eigenvalue weighted by molar-refractivity contribution is -0.147. The van der Waals surface area contributed by atoms with E-state index in [1.165, 1.54) is 16.7 Å². The predicted octanol–water partition coefficient (Wildman–Crippen LogP) is 4.04. The van der Waals surface area contributed by atoms with Crippen molar-refractivity contribution in [3.05, 3.63) is 71.3 Å². The quantitative estimate of drug-likeness (QED) is 0.386. The Morgan fingerprint density at radius 1 is 1.13 bits per heavy atom. The van der Waals surface area contributed by atoms with Gasteiger partial charge in [0.25, 0.3) is 5.91 Å². The summed E-state index contributed by atoms with van der Waals surface area (Å²) in [4.78, 5) is 41.1. The third-order valence-corrected chi connectivity index (χ3v) is 8.60. The fraction of sp³-hybridized carbons (Fsp3) is 0.500. The van der Waals surface area contributed by atoms with Crippen molar-refractivity contribution in [1.29, 1.82) is 0 Å². The van der Waals surface area contributed by atoms with E-state index >= 15 is 0 Å². The zero-order valence-electron chi connectivity index (χ0n) is 23.5. The van der Waals surface area contributed by atoms with Crippen molar-refractivity contribution < 1.29 is 24.2 Å². The van der Waals surface area contributed by atoms with Gasteiger partial charge >= 0.3 is 6.09 Å². The molecular formula is C30H41N3O5S. The topological polar surface area (TPSA) is 108 Å². The first-order chi connectivity index (χ1) is 18.5. The van der Waals surface area contributed by atoms with Crippen LogP contribution in [0.3, 0.4) is 0 Å². The summed E-state index contributed by atoms with van der Waals surface area (Å²) in [7, 11) is 0. The maximum absolute atomic E-state index is 13.7. The van der Waals surface area contributed by atoms with Crippen LogP contribution in [0.25, 0.3) is 0 Å². The van der Waals surface area contributed by atoms with Crippen LogP contribution in [0.2, 0.25) is 0 Å². The minimum absolute atomic E-state index is 0.192. The van der Waals surface area contributed by atoms with E-state index in [1.54, 1.807) is 0 Å². The summed E-state index contributed by atoms with van der Waals surface area (Å²) >= 11 is 1.48. The second-order valence-corrected chi connectivity index (χ2v) is 12.3. The Bertz CT molecular complexity index is 1130. The number of hydrogen-bond acceptors (Lipinski definition) is 6. The molecule has 212 valence electrons. The van der Waals surface area contributed by atoms with E-state index in [1.807, 2.05) is 89.2 Å². The standard InChI is InChI=1S/C30H41N3O5S/c1-6-20(2)18-38-29(37)32-24(16-22-13-8-7-9-14-22)25(34)28(36)33-19-39-30(4,5)26(33)27(35)31-17-23-15-11-10-12-21(23)3/h7-15,20,24-26,34H,6,16-19H2,1-5H3,(H,31,35)(H,32,37)/t20?,24-,25-,26+/m0/s1. The van der Waals surface area contributed by atoms with Crippen LogP contribution in [0, 0.1) is 12.8 Å². The van der Waals surface area contributed by atoms with Crippen molar-refractivity contribution in [1.82, 2.24) is 15.5 Å². The zero-order chi connectivity index (χ0) is 28.6. The number of nitrogens with one attached hydrogen (secondary N) is 2. The van der Waals surface area contributed by atoms with E-state index < -0.39 is 34.9 Å². The number of amides is 3. The second kappa shape index (κ2) is 13.8. The molecule has 8 nitrogen and oxygen atoms in total. The van der Waals surface area contributed by atoms with Gasteiger partial charge in [0.15, 0.2) is 6.10 Å². The fourth-order valence-corrected chi connectivity index (χ4v) is 5.62. The van der Waals surface area contributed by atoms with Gasteiger partial charge in [0.2, 0.25) is 5.91 Å². The lowest BCUT2D eigenvalue weighted by Crippen LogP contribution is -2.58. The number of aliphatic hydroxyl groups is 1. The normalized spacial score (nSPS) is 18.6. The number of aryl methyl sites for hydroxylation is 1. The van der Waals surface area contributed by atoms with Crippen molar-refractivity contribution in [3.63, 3.8) is 0 Å². The molecule has 1 aliphatic heterocycles. The van der Waals surface area contributed by atoms with Crippen LogP contribution in [-0.2, 0) is 27.3 Å². The summed E-state index contributed by atoms with van der Waals surface area (Å²) in [6, 6.07) is 15.4. The van der Waals surface area contributed by atoms with E-state index in [4.69, 9.17) is 4.74 Å². The number of benzene rings is 2. The number of alkyl carbamates (subject to hydrolysis) is 1. The SMILES string of the molecule is CCC(C)COC(=O)N[C@@H](Cc1ccccc1)[C@H](O)C(=O)N1CSC(C)(C)[C@H]1C(=O)NCc1ccccc1C. The molecule has 1 aliphatic rings. The van der Waals surface area contributed by atoms with Gasteiger partial charge in [0.1, 0.15) is 6.04 Å². The summed E-state index contributed by atoms with van der Waals surface area (Å²) in [6.07, 6.45) is -1.17. The Labute approximate surface area is 235 Å². The molecule has 0 spiro atoms. The number of hydrogen-bond donors (Lipinski definition) is 3. The van der Waals surface area contributed by atoms with Crippen molar-refractivity contribution in [2.45, 2.75) is 76.9 Å². The highest BCUT2D eigenvalue weighted by molar-refractivity contribution is 8.00. The molecule has 3 N–H and O–H groups in total. The molecule has 0 radical (unpaired) electrons. The molecule has 0 aliphatic carbocycles. The molecule has 0 aromatic heterocycles. The molecule has 1 heterocycles. The summed E-state index contributed by atoms with van der Waals surface area (Å²) in [5.41, 5.74) is 2.91. The monoisotopic (exact) mass is 555 g/mol. The number of carbonyl (C=O) groups is 3. The van der Waals surface area contributed by atoms with Crippen LogP contribution < -0.4 is 10.6 Å². The van der Waals surface area contributed by atoms with Crippen molar-refractivity contribution in [2.75, 3.05) is 12.5 Å². The highest BCUT2D eigenvalue weighted by Crippen LogP contribution is 2.40. The molecule has 4 atom stereocenters. The molecule has 3 amide bonds. The highest BCUT2D eigenvalue weighted by atomic mass is 32.2. The molecule has 9 heteroatoms. The highest BCUT2D eigenvalue weighted by Gasteiger charge is 2.49. The van der Waals surface area contributed by atoms with Gasteiger partial charge in [0, 0.05) is 11.3 Å². The average molecular weight is 556 g/mol.